The predicted molar refractivity (Wildman–Crippen MR) is 65.3 cm³/mol. The van der Waals surface area contributed by atoms with E-state index in [0.717, 1.165) is 13.1 Å². The predicted octanol–water partition coefficient (Wildman–Crippen LogP) is -0.192. The van der Waals surface area contributed by atoms with Gasteiger partial charge in [0.1, 0.15) is 0 Å². The molecule has 16 heavy (non-hydrogen) atoms. The first-order valence-corrected chi connectivity index (χ1v) is 5.58. The average molecular weight is 231 g/mol. The van der Waals surface area contributed by atoms with Gasteiger partial charge >= 0.3 is 0 Å². The van der Waals surface area contributed by atoms with Crippen LogP contribution in [0.4, 0.5) is 0 Å². The standard InChI is InChI=1S/C11H25N3O2/c1-11(2,12)9-10(15)13-5-6-14(3)7-8-16-4/h5-9,12H2,1-4H3,(H,13,15). The lowest BCUT2D eigenvalue weighted by Crippen LogP contribution is -2.41. The van der Waals surface area contributed by atoms with Crippen molar-refractivity contribution in [1.82, 2.24) is 10.2 Å². The summed E-state index contributed by atoms with van der Waals surface area (Å²) in [5.41, 5.74) is 5.31. The molecule has 0 fully saturated rings. The fourth-order valence-electron chi connectivity index (χ4n) is 1.22. The van der Waals surface area contributed by atoms with E-state index in [2.05, 4.69) is 10.2 Å². The zero-order valence-corrected chi connectivity index (χ0v) is 10.9. The first kappa shape index (κ1) is 15.3. The zero-order chi connectivity index (χ0) is 12.6. The van der Waals surface area contributed by atoms with Crippen molar-refractivity contribution in [3.63, 3.8) is 0 Å². The van der Waals surface area contributed by atoms with E-state index in [0.29, 0.717) is 19.6 Å². The van der Waals surface area contributed by atoms with Gasteiger partial charge in [-0.2, -0.15) is 0 Å². The minimum absolute atomic E-state index is 0.00708. The Kier molecular flexibility index (Phi) is 7.29. The van der Waals surface area contributed by atoms with E-state index in [-0.39, 0.29) is 5.91 Å². The van der Waals surface area contributed by atoms with Gasteiger partial charge in [0.05, 0.1) is 6.61 Å². The van der Waals surface area contributed by atoms with Gasteiger partial charge in [0.15, 0.2) is 0 Å². The SMILES string of the molecule is COCCN(C)CCNC(=O)CC(C)(C)N. The summed E-state index contributed by atoms with van der Waals surface area (Å²) >= 11 is 0. The molecule has 0 aliphatic heterocycles. The minimum atomic E-state index is -0.438. The summed E-state index contributed by atoms with van der Waals surface area (Å²) in [7, 11) is 3.68. The van der Waals surface area contributed by atoms with Crippen LogP contribution in [0.2, 0.25) is 0 Å². The van der Waals surface area contributed by atoms with Crippen LogP contribution in [0.1, 0.15) is 20.3 Å². The minimum Gasteiger partial charge on any atom is -0.383 e. The molecule has 0 aromatic heterocycles. The summed E-state index contributed by atoms with van der Waals surface area (Å²) in [5.74, 6) is 0.00708. The summed E-state index contributed by atoms with van der Waals surface area (Å²) in [6, 6.07) is 0. The number of likely N-dealkylation sites (N-methyl/N-ethyl adjacent to an activating group) is 1. The highest BCUT2D eigenvalue weighted by molar-refractivity contribution is 5.77. The molecule has 0 unspecified atom stereocenters. The highest BCUT2D eigenvalue weighted by atomic mass is 16.5. The Morgan fingerprint density at radius 3 is 2.56 bits per heavy atom. The second-order valence-electron chi connectivity index (χ2n) is 4.81. The van der Waals surface area contributed by atoms with Gasteiger partial charge in [0, 0.05) is 38.7 Å². The van der Waals surface area contributed by atoms with Crippen molar-refractivity contribution in [1.29, 1.82) is 0 Å². The summed E-state index contributed by atoms with van der Waals surface area (Å²) < 4.78 is 4.96. The lowest BCUT2D eigenvalue weighted by atomic mass is 10.0. The molecule has 0 aliphatic rings. The van der Waals surface area contributed by atoms with Gasteiger partial charge in [-0.3, -0.25) is 4.79 Å². The number of carbonyl (C=O) groups excluding carboxylic acids is 1. The van der Waals surface area contributed by atoms with Crippen LogP contribution in [0.3, 0.4) is 0 Å². The van der Waals surface area contributed by atoms with Crippen molar-refractivity contribution in [2.24, 2.45) is 5.73 Å². The van der Waals surface area contributed by atoms with Crippen LogP contribution >= 0.6 is 0 Å². The van der Waals surface area contributed by atoms with Crippen molar-refractivity contribution in [2.45, 2.75) is 25.8 Å². The molecule has 0 aromatic rings. The Morgan fingerprint density at radius 1 is 1.44 bits per heavy atom. The molecule has 96 valence electrons. The number of nitrogens with zero attached hydrogens (tertiary/aromatic N) is 1. The van der Waals surface area contributed by atoms with Crippen molar-refractivity contribution >= 4 is 5.91 Å². The summed E-state index contributed by atoms with van der Waals surface area (Å²) in [4.78, 5) is 13.5. The van der Waals surface area contributed by atoms with E-state index in [1.165, 1.54) is 0 Å². The lowest BCUT2D eigenvalue weighted by Gasteiger charge is -2.19. The maximum Gasteiger partial charge on any atom is 0.221 e. The molecule has 0 rings (SSSR count). The van der Waals surface area contributed by atoms with Crippen LogP contribution in [0, 0.1) is 0 Å². The molecular weight excluding hydrogens is 206 g/mol. The third-order valence-electron chi connectivity index (χ3n) is 2.11. The smallest absolute Gasteiger partial charge is 0.221 e. The third kappa shape index (κ3) is 9.89. The average Bonchev–Trinajstić information content (AvgIpc) is 2.11. The molecule has 0 aliphatic carbocycles. The first-order chi connectivity index (χ1) is 7.35. The largest absolute Gasteiger partial charge is 0.383 e. The van der Waals surface area contributed by atoms with Crippen molar-refractivity contribution in [2.75, 3.05) is 40.4 Å². The molecule has 5 nitrogen and oxygen atoms in total. The van der Waals surface area contributed by atoms with E-state index < -0.39 is 5.54 Å². The Bertz CT molecular complexity index is 202. The number of hydrogen-bond acceptors (Lipinski definition) is 4. The number of nitrogens with two attached hydrogens (primary N) is 1. The summed E-state index contributed by atoms with van der Waals surface area (Å²) in [6.45, 7) is 6.73. The normalized spacial score (nSPS) is 11.9. The fraction of sp³-hybridized carbons (Fsp3) is 0.909. The van der Waals surface area contributed by atoms with Gasteiger partial charge in [0.2, 0.25) is 5.91 Å². The second kappa shape index (κ2) is 7.60. The summed E-state index contributed by atoms with van der Waals surface area (Å²) in [5, 5.41) is 2.85. The van der Waals surface area contributed by atoms with Crippen LogP contribution in [0.5, 0.6) is 0 Å². The first-order valence-electron chi connectivity index (χ1n) is 5.58. The Hall–Kier alpha value is -0.650. The highest BCUT2D eigenvalue weighted by Crippen LogP contribution is 2.02. The van der Waals surface area contributed by atoms with Gasteiger partial charge in [-0.25, -0.2) is 0 Å². The van der Waals surface area contributed by atoms with Crippen molar-refractivity contribution < 1.29 is 9.53 Å². The Balaban J connectivity index is 3.54. The molecule has 5 heteroatoms. The van der Waals surface area contributed by atoms with Crippen molar-refractivity contribution in [3.8, 4) is 0 Å². The number of hydrogen-bond donors (Lipinski definition) is 2. The molecule has 0 bridgehead atoms. The number of amides is 1. The van der Waals surface area contributed by atoms with Gasteiger partial charge in [-0.05, 0) is 20.9 Å². The zero-order valence-electron chi connectivity index (χ0n) is 10.9. The molecule has 1 amide bonds. The maximum atomic E-state index is 11.4. The van der Waals surface area contributed by atoms with Crippen molar-refractivity contribution in [3.05, 3.63) is 0 Å². The lowest BCUT2D eigenvalue weighted by molar-refractivity contribution is -0.122. The molecule has 0 radical (unpaired) electrons. The molecule has 0 saturated heterocycles. The van der Waals surface area contributed by atoms with Gasteiger partial charge in [-0.1, -0.05) is 0 Å². The van der Waals surface area contributed by atoms with Gasteiger partial charge in [-0.15, -0.1) is 0 Å². The third-order valence-corrected chi connectivity index (χ3v) is 2.11. The van der Waals surface area contributed by atoms with Crippen LogP contribution in [-0.4, -0.2) is 56.7 Å². The highest BCUT2D eigenvalue weighted by Gasteiger charge is 2.15. The molecule has 0 heterocycles. The monoisotopic (exact) mass is 231 g/mol. The van der Waals surface area contributed by atoms with Crippen LogP contribution in [-0.2, 0) is 9.53 Å². The van der Waals surface area contributed by atoms with E-state index in [9.17, 15) is 4.79 Å². The Labute approximate surface area is 98.3 Å². The molecule has 3 N–H and O–H groups in total. The van der Waals surface area contributed by atoms with E-state index in [1.807, 2.05) is 20.9 Å². The van der Waals surface area contributed by atoms with Gasteiger partial charge < -0.3 is 20.7 Å². The molecular formula is C11H25N3O2. The Morgan fingerprint density at radius 2 is 2.06 bits per heavy atom. The van der Waals surface area contributed by atoms with Crippen LogP contribution in [0.25, 0.3) is 0 Å². The fourth-order valence-corrected chi connectivity index (χ4v) is 1.22. The second-order valence-corrected chi connectivity index (χ2v) is 4.81. The maximum absolute atomic E-state index is 11.4. The molecule has 0 aromatic carbocycles. The topological polar surface area (TPSA) is 67.6 Å². The van der Waals surface area contributed by atoms with E-state index in [1.54, 1.807) is 7.11 Å². The van der Waals surface area contributed by atoms with Crippen LogP contribution < -0.4 is 11.1 Å². The number of nitrogens with one attached hydrogen (secondary N) is 1. The summed E-state index contributed by atoms with van der Waals surface area (Å²) in [6.07, 6.45) is 0.356. The number of carbonyl (C=O) groups is 1. The number of ether oxygens (including phenoxy) is 1. The molecule has 0 saturated carbocycles. The molecule has 0 spiro atoms. The quantitative estimate of drug-likeness (QED) is 0.607. The molecule has 0 atom stereocenters. The van der Waals surface area contributed by atoms with Crippen LogP contribution in [0.15, 0.2) is 0 Å². The van der Waals surface area contributed by atoms with E-state index >= 15 is 0 Å². The number of methoxy groups -OCH3 is 1. The van der Waals surface area contributed by atoms with Gasteiger partial charge in [0.25, 0.3) is 0 Å². The number of rotatable bonds is 8. The van der Waals surface area contributed by atoms with E-state index in [4.69, 9.17) is 10.5 Å².